The van der Waals surface area contributed by atoms with E-state index in [1.165, 1.54) is 17.7 Å². The molecule has 0 radical (unpaired) electrons. The fourth-order valence-corrected chi connectivity index (χ4v) is 3.83. The molecular weight excluding hydrogens is 500 g/mol. The number of urea groups is 1. The van der Waals surface area contributed by atoms with Crippen molar-refractivity contribution in [3.63, 3.8) is 0 Å². The summed E-state index contributed by atoms with van der Waals surface area (Å²) in [6.07, 6.45) is -1.89. The minimum atomic E-state index is -4.48. The molecule has 10 heteroatoms. The normalized spacial score (nSPS) is 11.5. The number of benzene rings is 3. The lowest BCUT2D eigenvalue weighted by atomic mass is 10.0. The number of hydrogen-bond acceptors (Lipinski definition) is 4. The van der Waals surface area contributed by atoms with E-state index in [-0.39, 0.29) is 22.8 Å². The van der Waals surface area contributed by atoms with E-state index in [0.717, 1.165) is 47.9 Å². The zero-order chi connectivity index (χ0) is 26.9. The molecule has 0 aliphatic rings. The van der Waals surface area contributed by atoms with Crippen molar-refractivity contribution < 1.29 is 26.8 Å². The molecule has 192 valence electrons. The van der Waals surface area contributed by atoms with Gasteiger partial charge in [-0.3, -0.25) is 0 Å². The van der Waals surface area contributed by atoms with E-state index in [9.17, 15) is 22.4 Å². The van der Waals surface area contributed by atoms with Crippen LogP contribution in [0.3, 0.4) is 0 Å². The lowest BCUT2D eigenvalue weighted by molar-refractivity contribution is -0.137. The predicted molar refractivity (Wildman–Crippen MR) is 136 cm³/mol. The highest BCUT2D eigenvalue weighted by atomic mass is 19.4. The lowest BCUT2D eigenvalue weighted by Crippen LogP contribution is -2.19. The molecule has 2 N–H and O–H groups in total. The summed E-state index contributed by atoms with van der Waals surface area (Å²) in [6.45, 7) is 2.08. The van der Waals surface area contributed by atoms with Crippen LogP contribution < -0.4 is 10.6 Å². The maximum atomic E-state index is 14.7. The van der Waals surface area contributed by atoms with E-state index in [0.29, 0.717) is 11.2 Å². The number of rotatable bonds is 5. The third kappa shape index (κ3) is 5.34. The van der Waals surface area contributed by atoms with Gasteiger partial charge < -0.3 is 15.1 Å². The van der Waals surface area contributed by atoms with Gasteiger partial charge in [0.15, 0.2) is 11.2 Å². The minimum Gasteiger partial charge on any atom is -0.434 e. The van der Waals surface area contributed by atoms with E-state index in [4.69, 9.17) is 4.42 Å². The highest BCUT2D eigenvalue weighted by Gasteiger charge is 2.30. The number of pyridine rings is 1. The van der Waals surface area contributed by atoms with Gasteiger partial charge in [-0.05, 0) is 66.1 Å². The van der Waals surface area contributed by atoms with Crippen LogP contribution in [-0.4, -0.2) is 16.0 Å². The Bertz CT molecular complexity index is 1610. The molecule has 0 spiro atoms. The summed E-state index contributed by atoms with van der Waals surface area (Å²) in [6, 6.07) is 16.9. The molecule has 5 aromatic rings. The maximum Gasteiger partial charge on any atom is 0.416 e. The van der Waals surface area contributed by atoms with E-state index in [2.05, 4.69) is 27.5 Å². The molecule has 2 amide bonds. The second-order valence-corrected chi connectivity index (χ2v) is 8.46. The monoisotopic (exact) mass is 520 g/mol. The van der Waals surface area contributed by atoms with Crippen LogP contribution in [0.25, 0.3) is 33.8 Å². The third-order valence-electron chi connectivity index (χ3n) is 5.87. The van der Waals surface area contributed by atoms with Gasteiger partial charge in [-0.15, -0.1) is 0 Å². The van der Waals surface area contributed by atoms with E-state index in [1.807, 2.05) is 24.3 Å². The summed E-state index contributed by atoms with van der Waals surface area (Å²) in [4.78, 5) is 21.0. The summed E-state index contributed by atoms with van der Waals surface area (Å²) in [5, 5.41) is 4.96. The molecule has 0 aliphatic carbocycles. The van der Waals surface area contributed by atoms with E-state index in [1.54, 1.807) is 12.3 Å². The molecule has 0 aliphatic heterocycles. The number of halogens is 4. The van der Waals surface area contributed by atoms with Gasteiger partial charge in [0.25, 0.3) is 0 Å². The fourth-order valence-electron chi connectivity index (χ4n) is 3.83. The summed E-state index contributed by atoms with van der Waals surface area (Å²) in [5.74, 6) is -0.643. The lowest BCUT2D eigenvalue weighted by Gasteiger charge is -2.10. The number of carbonyl (C=O) groups excluding carboxylic acids is 1. The topological polar surface area (TPSA) is 80.0 Å². The number of oxazole rings is 1. The number of nitrogens with zero attached hydrogens (tertiary/aromatic N) is 2. The SMILES string of the molecule is CCc1ccc(-c2cnc3nc(-c4cc(NC(=O)Nc5ccc(C(F)(F)F)cc5)ccc4F)oc3c2)cc1. The first-order valence-electron chi connectivity index (χ1n) is 11.6. The Morgan fingerprint density at radius 3 is 2.26 bits per heavy atom. The number of amides is 2. The van der Waals surface area contributed by atoms with Crippen molar-refractivity contribution in [3.05, 3.63) is 95.9 Å². The Balaban J connectivity index is 1.34. The van der Waals surface area contributed by atoms with Gasteiger partial charge in [-0.2, -0.15) is 18.2 Å². The van der Waals surface area contributed by atoms with Gasteiger partial charge in [0.05, 0.1) is 11.1 Å². The Morgan fingerprint density at radius 1 is 0.895 bits per heavy atom. The van der Waals surface area contributed by atoms with Crippen molar-refractivity contribution in [1.29, 1.82) is 0 Å². The summed E-state index contributed by atoms with van der Waals surface area (Å²) >= 11 is 0. The first kappa shape index (κ1) is 24.9. The average Bonchev–Trinajstić information content (AvgIpc) is 3.33. The maximum absolute atomic E-state index is 14.7. The van der Waals surface area contributed by atoms with Crippen molar-refractivity contribution in [1.82, 2.24) is 9.97 Å². The second kappa shape index (κ2) is 9.97. The van der Waals surface area contributed by atoms with Crippen molar-refractivity contribution in [3.8, 4) is 22.6 Å². The van der Waals surface area contributed by atoms with Crippen LogP contribution in [0, 0.1) is 5.82 Å². The first-order valence-corrected chi connectivity index (χ1v) is 11.6. The molecular formula is C28H20F4N4O2. The fraction of sp³-hybridized carbons (Fsp3) is 0.107. The highest BCUT2D eigenvalue weighted by molar-refractivity contribution is 6.00. The summed E-state index contributed by atoms with van der Waals surface area (Å²) in [7, 11) is 0. The molecule has 0 fully saturated rings. The smallest absolute Gasteiger partial charge is 0.416 e. The van der Waals surface area contributed by atoms with Crippen LogP contribution in [0.2, 0.25) is 0 Å². The van der Waals surface area contributed by atoms with Crippen LogP contribution in [0.1, 0.15) is 18.1 Å². The number of fused-ring (bicyclic) bond motifs is 1. The van der Waals surface area contributed by atoms with Gasteiger partial charge in [0.1, 0.15) is 5.82 Å². The molecule has 6 nitrogen and oxygen atoms in total. The van der Waals surface area contributed by atoms with Crippen LogP contribution in [-0.2, 0) is 12.6 Å². The number of hydrogen-bond donors (Lipinski definition) is 2. The number of aromatic nitrogens is 2. The van der Waals surface area contributed by atoms with Crippen LogP contribution in [0.4, 0.5) is 33.7 Å². The van der Waals surface area contributed by atoms with Gasteiger partial charge in [0.2, 0.25) is 5.89 Å². The molecule has 38 heavy (non-hydrogen) atoms. The van der Waals surface area contributed by atoms with Gasteiger partial charge in [0, 0.05) is 23.1 Å². The molecule has 0 saturated carbocycles. The largest absolute Gasteiger partial charge is 0.434 e. The quantitative estimate of drug-likeness (QED) is 0.231. The van der Waals surface area contributed by atoms with Crippen molar-refractivity contribution in [2.75, 3.05) is 10.6 Å². The molecule has 0 unspecified atom stereocenters. The zero-order valence-corrected chi connectivity index (χ0v) is 19.9. The minimum absolute atomic E-state index is 0.00387. The van der Waals surface area contributed by atoms with Crippen LogP contribution in [0.5, 0.6) is 0 Å². The first-order chi connectivity index (χ1) is 18.2. The Hall–Kier alpha value is -4.73. The van der Waals surface area contributed by atoms with E-state index >= 15 is 0 Å². The van der Waals surface area contributed by atoms with Crippen LogP contribution in [0.15, 0.2) is 83.4 Å². The highest BCUT2D eigenvalue weighted by Crippen LogP contribution is 2.31. The molecule has 0 bridgehead atoms. The Kier molecular flexibility index (Phi) is 6.54. The molecule has 5 rings (SSSR count). The number of nitrogens with one attached hydrogen (secondary N) is 2. The molecule has 3 aromatic carbocycles. The Labute approximate surface area is 214 Å². The standard InChI is InChI=1S/C28H20F4N4O2/c1-2-16-3-5-17(6-4-16)18-13-24-25(33-15-18)36-26(38-24)22-14-21(11-12-23(22)29)35-27(37)34-20-9-7-19(8-10-20)28(30,31)32/h3-15H,2H2,1H3,(H2,34,35,37). The Morgan fingerprint density at radius 2 is 1.58 bits per heavy atom. The summed E-state index contributed by atoms with van der Waals surface area (Å²) in [5.41, 5.74) is 3.19. The van der Waals surface area contributed by atoms with Crippen molar-refractivity contribution >= 4 is 28.6 Å². The number of alkyl halides is 3. The molecule has 2 aromatic heterocycles. The van der Waals surface area contributed by atoms with E-state index < -0.39 is 23.6 Å². The van der Waals surface area contributed by atoms with Crippen LogP contribution >= 0.6 is 0 Å². The van der Waals surface area contributed by atoms with Gasteiger partial charge in [-0.1, -0.05) is 31.2 Å². The molecule has 0 saturated heterocycles. The number of carbonyl (C=O) groups is 1. The van der Waals surface area contributed by atoms with Crippen molar-refractivity contribution in [2.45, 2.75) is 19.5 Å². The zero-order valence-electron chi connectivity index (χ0n) is 19.9. The number of anilines is 2. The van der Waals surface area contributed by atoms with Crippen molar-refractivity contribution in [2.24, 2.45) is 0 Å². The van der Waals surface area contributed by atoms with Gasteiger partial charge in [-0.25, -0.2) is 14.2 Å². The molecule has 0 atom stereocenters. The molecule has 2 heterocycles. The average molecular weight is 520 g/mol. The predicted octanol–water partition coefficient (Wildman–Crippen LogP) is 7.92. The number of aryl methyl sites for hydroxylation is 1. The third-order valence-corrected chi connectivity index (χ3v) is 5.87. The summed E-state index contributed by atoms with van der Waals surface area (Å²) < 4.78 is 58.7. The second-order valence-electron chi connectivity index (χ2n) is 8.46. The van der Waals surface area contributed by atoms with Gasteiger partial charge >= 0.3 is 12.2 Å².